The molecule has 0 aliphatic heterocycles. The molecular weight excluding hydrogens is 246 g/mol. The van der Waals surface area contributed by atoms with Crippen LogP contribution in [0.25, 0.3) is 0 Å². The average Bonchev–Trinajstić information content (AvgIpc) is 2.48. The van der Waals surface area contributed by atoms with E-state index in [1.54, 1.807) is 0 Å². The van der Waals surface area contributed by atoms with E-state index in [0.717, 1.165) is 18.7 Å². The van der Waals surface area contributed by atoms with E-state index in [1.165, 1.54) is 38.5 Å². The summed E-state index contributed by atoms with van der Waals surface area (Å²) in [6.07, 6.45) is 7.37. The highest BCUT2D eigenvalue weighted by atomic mass is 16.1. The van der Waals surface area contributed by atoms with Gasteiger partial charge in [0.1, 0.15) is 0 Å². The summed E-state index contributed by atoms with van der Waals surface area (Å²) >= 11 is 0. The summed E-state index contributed by atoms with van der Waals surface area (Å²) in [7, 11) is 0. The third-order valence-electron chi connectivity index (χ3n) is 3.62. The molecule has 0 radical (unpaired) electrons. The van der Waals surface area contributed by atoms with Crippen LogP contribution in [0, 0.1) is 0 Å². The van der Waals surface area contributed by atoms with Crippen LogP contribution in [-0.4, -0.2) is 30.3 Å². The number of hydrogen-bond donors (Lipinski definition) is 0. The smallest absolute Gasteiger partial charge is 0.176 e. The summed E-state index contributed by atoms with van der Waals surface area (Å²) in [6, 6.07) is 9.66. The Kier molecular flexibility index (Phi) is 8.97. The minimum absolute atomic E-state index is 0.249. The first-order chi connectivity index (χ1) is 9.77. The fourth-order valence-corrected chi connectivity index (χ4v) is 2.36. The van der Waals surface area contributed by atoms with Gasteiger partial charge in [0, 0.05) is 5.56 Å². The molecule has 20 heavy (non-hydrogen) atoms. The maximum absolute atomic E-state index is 12.3. The van der Waals surface area contributed by atoms with Gasteiger partial charge in [0.25, 0.3) is 0 Å². The Morgan fingerprint density at radius 2 is 1.45 bits per heavy atom. The lowest BCUT2D eigenvalue weighted by atomic mass is 10.1. The van der Waals surface area contributed by atoms with Gasteiger partial charge in [-0.2, -0.15) is 0 Å². The number of rotatable bonds is 11. The lowest BCUT2D eigenvalue weighted by molar-refractivity contribution is 0.0928. The highest BCUT2D eigenvalue weighted by molar-refractivity contribution is 5.97. The van der Waals surface area contributed by atoms with Crippen molar-refractivity contribution < 1.29 is 4.79 Å². The molecule has 0 fully saturated rings. The quantitative estimate of drug-likeness (QED) is 0.436. The standard InChI is InChI=1S/C18H29NO/c1-3-5-10-14-19(15-11-6-4-2)16-18(20)17-12-8-7-9-13-17/h7-9,12-13H,3-6,10-11,14-16H2,1-2H3. The molecule has 0 heterocycles. The lowest BCUT2D eigenvalue weighted by Gasteiger charge is -2.21. The molecule has 0 aromatic heterocycles. The van der Waals surface area contributed by atoms with Crippen LogP contribution < -0.4 is 0 Å². The third-order valence-corrected chi connectivity index (χ3v) is 3.62. The minimum atomic E-state index is 0.249. The number of benzene rings is 1. The Morgan fingerprint density at radius 1 is 0.900 bits per heavy atom. The van der Waals surface area contributed by atoms with Gasteiger partial charge in [-0.05, 0) is 25.9 Å². The molecule has 0 N–H and O–H groups in total. The zero-order chi connectivity index (χ0) is 14.6. The number of unbranched alkanes of at least 4 members (excludes halogenated alkanes) is 4. The Hall–Kier alpha value is -1.15. The van der Waals surface area contributed by atoms with E-state index < -0.39 is 0 Å². The highest BCUT2D eigenvalue weighted by Gasteiger charge is 2.11. The SMILES string of the molecule is CCCCCN(CCCCC)CC(=O)c1ccccc1. The van der Waals surface area contributed by atoms with Crippen LogP contribution in [0.15, 0.2) is 30.3 Å². The second-order valence-corrected chi connectivity index (χ2v) is 5.48. The summed E-state index contributed by atoms with van der Waals surface area (Å²) in [4.78, 5) is 14.6. The molecule has 0 aliphatic rings. The van der Waals surface area contributed by atoms with Crippen LogP contribution in [-0.2, 0) is 0 Å². The summed E-state index contributed by atoms with van der Waals surface area (Å²) in [5, 5.41) is 0. The number of nitrogens with zero attached hydrogens (tertiary/aromatic N) is 1. The van der Waals surface area contributed by atoms with Crippen molar-refractivity contribution in [1.29, 1.82) is 0 Å². The van der Waals surface area contributed by atoms with E-state index in [9.17, 15) is 4.79 Å². The normalized spacial score (nSPS) is 10.9. The largest absolute Gasteiger partial charge is 0.296 e. The number of carbonyl (C=O) groups is 1. The first kappa shape index (κ1) is 16.9. The molecule has 0 aliphatic carbocycles. The van der Waals surface area contributed by atoms with E-state index in [4.69, 9.17) is 0 Å². The Labute approximate surface area is 124 Å². The second-order valence-electron chi connectivity index (χ2n) is 5.48. The molecule has 0 amide bonds. The van der Waals surface area contributed by atoms with Gasteiger partial charge in [-0.15, -0.1) is 0 Å². The maximum atomic E-state index is 12.3. The van der Waals surface area contributed by atoms with Crippen LogP contribution in [0.4, 0.5) is 0 Å². The Morgan fingerprint density at radius 3 is 1.95 bits per heavy atom. The van der Waals surface area contributed by atoms with Gasteiger partial charge in [0.15, 0.2) is 5.78 Å². The van der Waals surface area contributed by atoms with Crippen molar-refractivity contribution in [1.82, 2.24) is 4.90 Å². The number of Topliss-reactive ketones (excluding diaryl/α,β-unsaturated/α-hetero) is 1. The highest BCUT2D eigenvalue weighted by Crippen LogP contribution is 2.06. The Bertz CT molecular complexity index is 351. The molecule has 0 saturated carbocycles. The van der Waals surface area contributed by atoms with Crippen LogP contribution in [0.1, 0.15) is 62.7 Å². The molecule has 112 valence electrons. The van der Waals surface area contributed by atoms with Crippen LogP contribution in [0.5, 0.6) is 0 Å². The van der Waals surface area contributed by atoms with Crippen LogP contribution >= 0.6 is 0 Å². The fraction of sp³-hybridized carbons (Fsp3) is 0.611. The molecule has 1 aromatic carbocycles. The van der Waals surface area contributed by atoms with Crippen molar-refractivity contribution in [3.8, 4) is 0 Å². The summed E-state index contributed by atoms with van der Waals surface area (Å²) in [5.41, 5.74) is 0.837. The zero-order valence-electron chi connectivity index (χ0n) is 13.1. The molecule has 1 aromatic rings. The summed E-state index contributed by atoms with van der Waals surface area (Å²) in [6.45, 7) is 7.11. The molecule has 0 atom stereocenters. The molecule has 0 spiro atoms. The zero-order valence-corrected chi connectivity index (χ0v) is 13.1. The van der Waals surface area contributed by atoms with E-state index >= 15 is 0 Å². The first-order valence-corrected chi connectivity index (χ1v) is 8.08. The lowest BCUT2D eigenvalue weighted by Crippen LogP contribution is -2.32. The average molecular weight is 275 g/mol. The molecule has 1 rings (SSSR count). The molecule has 0 unspecified atom stereocenters. The van der Waals surface area contributed by atoms with Crippen molar-refractivity contribution in [3.05, 3.63) is 35.9 Å². The predicted molar refractivity (Wildman–Crippen MR) is 86.3 cm³/mol. The van der Waals surface area contributed by atoms with Crippen molar-refractivity contribution in [3.63, 3.8) is 0 Å². The maximum Gasteiger partial charge on any atom is 0.176 e. The van der Waals surface area contributed by atoms with Crippen molar-refractivity contribution >= 4 is 5.78 Å². The van der Waals surface area contributed by atoms with Gasteiger partial charge >= 0.3 is 0 Å². The van der Waals surface area contributed by atoms with Gasteiger partial charge in [0.05, 0.1) is 6.54 Å². The monoisotopic (exact) mass is 275 g/mol. The summed E-state index contributed by atoms with van der Waals surface area (Å²) < 4.78 is 0. The van der Waals surface area contributed by atoms with Gasteiger partial charge in [0.2, 0.25) is 0 Å². The molecule has 2 heteroatoms. The van der Waals surface area contributed by atoms with Gasteiger partial charge in [-0.25, -0.2) is 0 Å². The van der Waals surface area contributed by atoms with Gasteiger partial charge in [-0.3, -0.25) is 9.69 Å². The number of hydrogen-bond acceptors (Lipinski definition) is 2. The van der Waals surface area contributed by atoms with Crippen molar-refractivity contribution in [2.24, 2.45) is 0 Å². The van der Waals surface area contributed by atoms with Crippen molar-refractivity contribution in [2.75, 3.05) is 19.6 Å². The first-order valence-electron chi connectivity index (χ1n) is 8.08. The third kappa shape index (κ3) is 6.85. The number of carbonyl (C=O) groups excluding carboxylic acids is 1. The fourth-order valence-electron chi connectivity index (χ4n) is 2.36. The van der Waals surface area contributed by atoms with E-state index in [1.807, 2.05) is 30.3 Å². The number of ketones is 1. The molecule has 2 nitrogen and oxygen atoms in total. The summed E-state index contributed by atoms with van der Waals surface area (Å²) in [5.74, 6) is 0.249. The van der Waals surface area contributed by atoms with E-state index in [-0.39, 0.29) is 5.78 Å². The van der Waals surface area contributed by atoms with Gasteiger partial charge < -0.3 is 0 Å². The molecule has 0 bridgehead atoms. The van der Waals surface area contributed by atoms with Crippen LogP contribution in [0.2, 0.25) is 0 Å². The molecule has 0 saturated heterocycles. The second kappa shape index (κ2) is 10.6. The topological polar surface area (TPSA) is 20.3 Å². The minimum Gasteiger partial charge on any atom is -0.296 e. The van der Waals surface area contributed by atoms with Crippen LogP contribution in [0.3, 0.4) is 0 Å². The van der Waals surface area contributed by atoms with E-state index in [2.05, 4.69) is 18.7 Å². The Balaban J connectivity index is 2.47. The van der Waals surface area contributed by atoms with Gasteiger partial charge in [-0.1, -0.05) is 69.9 Å². The van der Waals surface area contributed by atoms with E-state index in [0.29, 0.717) is 6.54 Å². The molecular formula is C18H29NO. The predicted octanol–water partition coefficient (Wildman–Crippen LogP) is 4.55. The van der Waals surface area contributed by atoms with Crippen molar-refractivity contribution in [2.45, 2.75) is 52.4 Å².